The number of nitro benzene ring substituents is 2. The van der Waals surface area contributed by atoms with Crippen molar-refractivity contribution in [2.24, 2.45) is 0 Å². The first-order valence-corrected chi connectivity index (χ1v) is 9.33. The maximum Gasteiger partial charge on any atom is 0.277 e. The molecule has 1 unspecified atom stereocenters. The molecule has 0 aromatic heterocycles. The Kier molecular flexibility index (Phi) is 5.05. The van der Waals surface area contributed by atoms with Crippen molar-refractivity contribution >= 4 is 25.3 Å². The van der Waals surface area contributed by atoms with E-state index in [0.29, 0.717) is 30.8 Å². The predicted molar refractivity (Wildman–Crippen MR) is 104 cm³/mol. The quantitative estimate of drug-likeness (QED) is 0.370. The SMILES string of the molecule is CPc1cccc(-c2ccccc2[N+](=O)[O-])c1-c1ccccc1[N+](=O)[O-]. The summed E-state index contributed by atoms with van der Waals surface area (Å²) in [6.07, 6.45) is 0. The van der Waals surface area contributed by atoms with Crippen LogP contribution in [-0.4, -0.2) is 16.5 Å². The Morgan fingerprint density at radius 1 is 0.692 bits per heavy atom. The molecule has 0 aliphatic carbocycles. The van der Waals surface area contributed by atoms with Gasteiger partial charge in [0, 0.05) is 17.7 Å². The van der Waals surface area contributed by atoms with Crippen LogP contribution < -0.4 is 5.30 Å². The van der Waals surface area contributed by atoms with Gasteiger partial charge < -0.3 is 0 Å². The lowest BCUT2D eigenvalue weighted by molar-refractivity contribution is -0.384. The van der Waals surface area contributed by atoms with Crippen LogP contribution in [0.5, 0.6) is 0 Å². The van der Waals surface area contributed by atoms with Crippen molar-refractivity contribution in [3.8, 4) is 22.3 Å². The maximum absolute atomic E-state index is 11.5. The van der Waals surface area contributed by atoms with Crippen molar-refractivity contribution in [2.75, 3.05) is 6.66 Å². The molecule has 130 valence electrons. The molecule has 7 heteroatoms. The molecule has 1 atom stereocenters. The highest BCUT2D eigenvalue weighted by atomic mass is 31.1. The van der Waals surface area contributed by atoms with Gasteiger partial charge in [-0.1, -0.05) is 51.0 Å². The standard InChI is InChI=1S/C19H15N2O4P/c1-26-18-12-6-9-14(13-7-2-4-10-16(13)20(22)23)19(18)15-8-3-5-11-17(15)21(24)25/h2-12,26H,1H3. The molecule has 26 heavy (non-hydrogen) atoms. The average Bonchev–Trinajstić information content (AvgIpc) is 2.67. The predicted octanol–water partition coefficient (Wildman–Crippen LogP) is 4.77. The van der Waals surface area contributed by atoms with Gasteiger partial charge in [-0.3, -0.25) is 20.2 Å². The number of hydrogen-bond acceptors (Lipinski definition) is 4. The first-order valence-electron chi connectivity index (χ1n) is 7.83. The summed E-state index contributed by atoms with van der Waals surface area (Å²) in [5.41, 5.74) is 2.18. The maximum atomic E-state index is 11.5. The Hall–Kier alpha value is -3.11. The fourth-order valence-electron chi connectivity index (χ4n) is 2.98. The van der Waals surface area contributed by atoms with Crippen molar-refractivity contribution < 1.29 is 9.85 Å². The minimum Gasteiger partial charge on any atom is -0.258 e. The number of nitrogens with zero attached hydrogens (tertiary/aromatic N) is 2. The van der Waals surface area contributed by atoms with Crippen molar-refractivity contribution in [3.05, 3.63) is 87.0 Å². The fourth-order valence-corrected chi connectivity index (χ4v) is 3.76. The van der Waals surface area contributed by atoms with Crippen LogP contribution in [0.4, 0.5) is 11.4 Å². The highest BCUT2D eigenvalue weighted by Gasteiger charge is 2.23. The van der Waals surface area contributed by atoms with E-state index in [-0.39, 0.29) is 11.4 Å². The molecule has 0 saturated carbocycles. The lowest BCUT2D eigenvalue weighted by atomic mass is 9.92. The highest BCUT2D eigenvalue weighted by molar-refractivity contribution is 7.46. The second-order valence-corrected chi connectivity index (χ2v) is 6.57. The summed E-state index contributed by atoms with van der Waals surface area (Å²) in [4.78, 5) is 22.1. The lowest BCUT2D eigenvalue weighted by Crippen LogP contribution is -2.05. The van der Waals surface area contributed by atoms with Crippen LogP contribution in [0.3, 0.4) is 0 Å². The Balaban J connectivity index is 2.39. The molecule has 0 spiro atoms. The second-order valence-electron chi connectivity index (χ2n) is 5.53. The Morgan fingerprint density at radius 3 is 1.77 bits per heavy atom. The van der Waals surface area contributed by atoms with E-state index in [1.807, 2.05) is 18.8 Å². The van der Waals surface area contributed by atoms with E-state index < -0.39 is 9.85 Å². The van der Waals surface area contributed by atoms with E-state index in [2.05, 4.69) is 0 Å². The van der Waals surface area contributed by atoms with Crippen molar-refractivity contribution in [1.82, 2.24) is 0 Å². The molecule has 0 fully saturated rings. The number of nitro groups is 2. The summed E-state index contributed by atoms with van der Waals surface area (Å²) in [6, 6.07) is 18.5. The van der Waals surface area contributed by atoms with Crippen LogP contribution in [0.15, 0.2) is 66.7 Å². The van der Waals surface area contributed by atoms with Gasteiger partial charge in [0.2, 0.25) is 0 Å². The Morgan fingerprint density at radius 2 is 1.19 bits per heavy atom. The minimum atomic E-state index is -0.431. The largest absolute Gasteiger partial charge is 0.277 e. The van der Waals surface area contributed by atoms with Crippen LogP contribution in [-0.2, 0) is 0 Å². The molecule has 0 N–H and O–H groups in total. The van der Waals surface area contributed by atoms with Crippen LogP contribution in [0.1, 0.15) is 0 Å². The van der Waals surface area contributed by atoms with Gasteiger partial charge in [0.15, 0.2) is 0 Å². The summed E-state index contributed by atoms with van der Waals surface area (Å²) in [5, 5.41) is 23.9. The van der Waals surface area contributed by atoms with Gasteiger partial charge in [-0.05, 0) is 29.7 Å². The number of para-hydroxylation sites is 2. The van der Waals surface area contributed by atoms with Crippen LogP contribution in [0, 0.1) is 20.2 Å². The van der Waals surface area contributed by atoms with Crippen LogP contribution in [0.25, 0.3) is 22.3 Å². The van der Waals surface area contributed by atoms with E-state index >= 15 is 0 Å². The molecule has 6 nitrogen and oxygen atoms in total. The smallest absolute Gasteiger partial charge is 0.258 e. The molecule has 0 aliphatic heterocycles. The van der Waals surface area contributed by atoms with Gasteiger partial charge in [-0.15, -0.1) is 0 Å². The monoisotopic (exact) mass is 366 g/mol. The van der Waals surface area contributed by atoms with Crippen LogP contribution in [0.2, 0.25) is 0 Å². The lowest BCUT2D eigenvalue weighted by Gasteiger charge is -2.15. The first kappa shape index (κ1) is 17.7. The second kappa shape index (κ2) is 7.42. The first-order chi connectivity index (χ1) is 12.5. The van der Waals surface area contributed by atoms with Gasteiger partial charge in [-0.2, -0.15) is 0 Å². The van der Waals surface area contributed by atoms with E-state index in [0.717, 1.165) is 5.30 Å². The average molecular weight is 366 g/mol. The number of benzene rings is 3. The molecule has 0 bridgehead atoms. The molecule has 0 radical (unpaired) electrons. The van der Waals surface area contributed by atoms with E-state index in [1.165, 1.54) is 12.1 Å². The summed E-state index contributed by atoms with van der Waals surface area (Å²) >= 11 is 0. The molecular weight excluding hydrogens is 351 g/mol. The molecule has 3 aromatic rings. The van der Waals surface area contributed by atoms with Gasteiger partial charge in [0.1, 0.15) is 0 Å². The molecule has 0 aliphatic rings. The van der Waals surface area contributed by atoms with Crippen molar-refractivity contribution in [2.45, 2.75) is 0 Å². The molecule has 0 saturated heterocycles. The zero-order valence-corrected chi connectivity index (χ0v) is 14.9. The summed E-state index contributed by atoms with van der Waals surface area (Å²) in [5.74, 6) is 0. The zero-order chi connectivity index (χ0) is 18.7. The normalized spacial score (nSPS) is 11.0. The number of rotatable bonds is 5. The van der Waals surface area contributed by atoms with Gasteiger partial charge in [0.25, 0.3) is 11.4 Å². The van der Waals surface area contributed by atoms with E-state index in [9.17, 15) is 20.2 Å². The van der Waals surface area contributed by atoms with Gasteiger partial charge >= 0.3 is 0 Å². The van der Waals surface area contributed by atoms with E-state index in [1.54, 1.807) is 42.5 Å². The molecule has 0 heterocycles. The van der Waals surface area contributed by atoms with Crippen molar-refractivity contribution in [3.63, 3.8) is 0 Å². The third-order valence-electron chi connectivity index (χ3n) is 4.09. The Bertz CT molecular complexity index is 1000. The molecular formula is C19H15N2O4P. The molecule has 3 rings (SSSR count). The minimum absolute atomic E-state index is 0.0157. The van der Waals surface area contributed by atoms with E-state index in [4.69, 9.17) is 0 Å². The highest BCUT2D eigenvalue weighted by Crippen LogP contribution is 2.40. The molecule has 3 aromatic carbocycles. The zero-order valence-electron chi connectivity index (χ0n) is 13.9. The number of hydrogen-bond donors (Lipinski definition) is 0. The topological polar surface area (TPSA) is 86.3 Å². The van der Waals surface area contributed by atoms with Gasteiger partial charge in [0.05, 0.1) is 21.0 Å². The molecule has 0 amide bonds. The third kappa shape index (κ3) is 3.19. The summed E-state index contributed by atoms with van der Waals surface area (Å²) < 4.78 is 0. The fraction of sp³-hybridized carbons (Fsp3) is 0.0526. The Labute approximate surface area is 151 Å². The van der Waals surface area contributed by atoms with Crippen molar-refractivity contribution in [1.29, 1.82) is 0 Å². The van der Waals surface area contributed by atoms with Crippen LogP contribution >= 0.6 is 8.58 Å². The summed E-state index contributed by atoms with van der Waals surface area (Å²) in [7, 11) is 0.384. The van der Waals surface area contributed by atoms with Gasteiger partial charge in [-0.25, -0.2) is 0 Å². The third-order valence-corrected chi connectivity index (χ3v) is 5.05. The summed E-state index contributed by atoms with van der Waals surface area (Å²) in [6.45, 7) is 1.98.